The molecule has 2 heterocycles. The number of guanidine groups is 1. The van der Waals surface area contributed by atoms with Crippen LogP contribution in [0.3, 0.4) is 0 Å². The van der Waals surface area contributed by atoms with E-state index in [1.807, 2.05) is 29.2 Å². The molecule has 0 aromatic heterocycles. The lowest BCUT2D eigenvalue weighted by Crippen LogP contribution is -2.55. The van der Waals surface area contributed by atoms with Crippen LogP contribution in [-0.2, 0) is 20.7 Å². The van der Waals surface area contributed by atoms with Crippen LogP contribution in [-0.4, -0.2) is 80.1 Å². The number of benzene rings is 1. The number of carbonyl (C=O) groups excluding carboxylic acids is 2. The van der Waals surface area contributed by atoms with Crippen LogP contribution in [0.5, 0.6) is 0 Å². The maximum Gasteiger partial charge on any atom is 0.251 e. The Balaban J connectivity index is 1.44. The van der Waals surface area contributed by atoms with E-state index in [2.05, 4.69) is 27.4 Å². The number of hydrogen-bond donors (Lipinski definition) is 2. The minimum atomic E-state index is -0.270. The molecule has 2 aliphatic heterocycles. The fraction of sp³-hybridized carbons (Fsp3) is 0.571. The molecule has 2 amide bonds. The molecular formula is C21H31N5O3. The number of hydrogen-bond acceptors (Lipinski definition) is 4. The lowest BCUT2D eigenvalue weighted by atomic mass is 10.1. The van der Waals surface area contributed by atoms with Crippen LogP contribution < -0.4 is 10.6 Å². The number of aryl methyl sites for hydroxylation is 1. The minimum absolute atomic E-state index is 0.0961. The van der Waals surface area contributed by atoms with Crippen molar-refractivity contribution in [2.24, 2.45) is 4.99 Å². The number of nitrogens with zero attached hydrogens (tertiary/aromatic N) is 3. The van der Waals surface area contributed by atoms with Gasteiger partial charge in [-0.2, -0.15) is 0 Å². The second-order valence-corrected chi connectivity index (χ2v) is 7.32. The van der Waals surface area contributed by atoms with Crippen LogP contribution >= 0.6 is 0 Å². The monoisotopic (exact) mass is 401 g/mol. The Bertz CT molecular complexity index is 738. The topological polar surface area (TPSA) is 86.3 Å². The van der Waals surface area contributed by atoms with E-state index in [9.17, 15) is 9.59 Å². The molecule has 3 rings (SSSR count). The van der Waals surface area contributed by atoms with Gasteiger partial charge < -0.3 is 25.2 Å². The number of anilines is 1. The summed E-state index contributed by atoms with van der Waals surface area (Å²) in [5, 5.41) is 6.03. The van der Waals surface area contributed by atoms with Crippen LogP contribution in [0.2, 0.25) is 0 Å². The highest BCUT2D eigenvalue weighted by Crippen LogP contribution is 2.16. The van der Waals surface area contributed by atoms with Gasteiger partial charge in [0.1, 0.15) is 6.10 Å². The number of nitrogens with one attached hydrogen (secondary N) is 2. The summed E-state index contributed by atoms with van der Waals surface area (Å²) in [6, 6.07) is 7.85. The van der Waals surface area contributed by atoms with E-state index in [1.165, 1.54) is 5.56 Å². The van der Waals surface area contributed by atoms with Crippen molar-refractivity contribution in [1.82, 2.24) is 15.1 Å². The van der Waals surface area contributed by atoms with Gasteiger partial charge in [-0.25, -0.2) is 0 Å². The predicted octanol–water partition coefficient (Wildman–Crippen LogP) is 1.09. The van der Waals surface area contributed by atoms with Gasteiger partial charge in [0.2, 0.25) is 5.91 Å². The largest absolute Gasteiger partial charge is 0.368 e. The zero-order chi connectivity index (χ0) is 20.6. The lowest BCUT2D eigenvalue weighted by Gasteiger charge is -2.37. The molecule has 8 heteroatoms. The first kappa shape index (κ1) is 21.1. The standard InChI is InChI=1S/C21H31N5O3/c1-3-16-6-4-7-17(14-16)24-19(27)15-23-21(22-2)26-11-9-25(10-12-26)20(28)18-8-5-13-29-18/h4,6-7,14,18H,3,5,8-13,15H2,1-2H3,(H,22,23)(H,24,27). The van der Waals surface area contributed by atoms with E-state index in [-0.39, 0.29) is 24.5 Å². The second-order valence-electron chi connectivity index (χ2n) is 7.32. The third-order valence-corrected chi connectivity index (χ3v) is 5.33. The maximum absolute atomic E-state index is 12.5. The van der Waals surface area contributed by atoms with Crippen LogP contribution in [0.4, 0.5) is 5.69 Å². The molecule has 0 spiro atoms. The summed E-state index contributed by atoms with van der Waals surface area (Å²) in [5.74, 6) is 0.650. The van der Waals surface area contributed by atoms with Gasteiger partial charge in [-0.15, -0.1) is 0 Å². The normalized spacial score (nSPS) is 19.9. The molecule has 2 saturated heterocycles. The van der Waals surface area contributed by atoms with Crippen molar-refractivity contribution < 1.29 is 14.3 Å². The summed E-state index contributed by atoms with van der Waals surface area (Å²) >= 11 is 0. The van der Waals surface area contributed by atoms with Crippen LogP contribution in [0.1, 0.15) is 25.3 Å². The third kappa shape index (κ3) is 5.69. The van der Waals surface area contributed by atoms with Gasteiger partial charge in [0.15, 0.2) is 5.96 Å². The number of aliphatic imine (C=N–C) groups is 1. The first-order valence-electron chi connectivity index (χ1n) is 10.4. The van der Waals surface area contributed by atoms with Crippen LogP contribution in [0, 0.1) is 0 Å². The van der Waals surface area contributed by atoms with Crippen molar-refractivity contribution in [2.45, 2.75) is 32.3 Å². The van der Waals surface area contributed by atoms with Gasteiger partial charge >= 0.3 is 0 Å². The summed E-state index contributed by atoms with van der Waals surface area (Å²) in [6.45, 7) is 5.53. The molecule has 2 aliphatic rings. The van der Waals surface area contributed by atoms with Crippen molar-refractivity contribution in [2.75, 3.05) is 51.7 Å². The van der Waals surface area contributed by atoms with Gasteiger partial charge in [0.05, 0.1) is 6.54 Å². The Hall–Kier alpha value is -2.61. The molecule has 1 aromatic carbocycles. The number of carbonyl (C=O) groups is 2. The van der Waals surface area contributed by atoms with Crippen molar-refractivity contribution >= 4 is 23.5 Å². The van der Waals surface area contributed by atoms with Gasteiger partial charge in [-0.05, 0) is 37.0 Å². The molecular weight excluding hydrogens is 370 g/mol. The Kier molecular flexibility index (Phi) is 7.46. The van der Waals surface area contributed by atoms with Crippen LogP contribution in [0.25, 0.3) is 0 Å². The third-order valence-electron chi connectivity index (χ3n) is 5.33. The fourth-order valence-corrected chi connectivity index (χ4v) is 3.68. The summed E-state index contributed by atoms with van der Waals surface area (Å²) in [4.78, 5) is 33.0. The molecule has 0 saturated carbocycles. The highest BCUT2D eigenvalue weighted by atomic mass is 16.5. The SMILES string of the molecule is CCc1cccc(NC(=O)CNC(=NC)N2CCN(C(=O)C3CCCO3)CC2)c1. The Labute approximate surface area is 172 Å². The highest BCUT2D eigenvalue weighted by Gasteiger charge is 2.30. The first-order valence-corrected chi connectivity index (χ1v) is 10.4. The molecule has 0 bridgehead atoms. The van der Waals surface area contributed by atoms with E-state index < -0.39 is 0 Å². The lowest BCUT2D eigenvalue weighted by molar-refractivity contribution is -0.142. The van der Waals surface area contributed by atoms with Gasteiger partial charge in [-0.3, -0.25) is 14.6 Å². The zero-order valence-electron chi connectivity index (χ0n) is 17.3. The van der Waals surface area contributed by atoms with Crippen LogP contribution in [0.15, 0.2) is 29.3 Å². The van der Waals surface area contributed by atoms with Crippen molar-refractivity contribution in [3.63, 3.8) is 0 Å². The average Bonchev–Trinajstić information content (AvgIpc) is 3.29. The summed E-state index contributed by atoms with van der Waals surface area (Å²) in [5.41, 5.74) is 1.98. The molecule has 0 radical (unpaired) electrons. The molecule has 8 nitrogen and oxygen atoms in total. The molecule has 0 aliphatic carbocycles. The summed E-state index contributed by atoms with van der Waals surface area (Å²) in [6.07, 6.45) is 2.43. The minimum Gasteiger partial charge on any atom is -0.368 e. The molecule has 158 valence electrons. The Morgan fingerprint density at radius 1 is 1.21 bits per heavy atom. The van der Waals surface area contributed by atoms with Gasteiger partial charge in [0.25, 0.3) is 5.91 Å². The van der Waals surface area contributed by atoms with E-state index in [1.54, 1.807) is 7.05 Å². The molecule has 2 fully saturated rings. The summed E-state index contributed by atoms with van der Waals surface area (Å²) < 4.78 is 5.51. The number of piperazine rings is 1. The first-order chi connectivity index (χ1) is 14.1. The smallest absolute Gasteiger partial charge is 0.251 e. The second kappa shape index (κ2) is 10.2. The van der Waals surface area contributed by atoms with E-state index in [0.717, 1.165) is 24.9 Å². The molecule has 1 atom stereocenters. The quantitative estimate of drug-likeness (QED) is 0.570. The highest BCUT2D eigenvalue weighted by molar-refractivity contribution is 5.95. The average molecular weight is 402 g/mol. The van der Waals surface area contributed by atoms with E-state index >= 15 is 0 Å². The molecule has 1 unspecified atom stereocenters. The Morgan fingerprint density at radius 2 is 1.97 bits per heavy atom. The zero-order valence-corrected chi connectivity index (χ0v) is 17.3. The summed E-state index contributed by atoms with van der Waals surface area (Å²) in [7, 11) is 1.70. The fourth-order valence-electron chi connectivity index (χ4n) is 3.68. The number of rotatable bonds is 5. The number of amides is 2. The molecule has 1 aromatic rings. The van der Waals surface area contributed by atoms with Crippen molar-refractivity contribution in [3.05, 3.63) is 29.8 Å². The van der Waals surface area contributed by atoms with E-state index in [0.29, 0.717) is 38.7 Å². The van der Waals surface area contributed by atoms with E-state index in [4.69, 9.17) is 4.74 Å². The Morgan fingerprint density at radius 3 is 2.62 bits per heavy atom. The molecule has 2 N–H and O–H groups in total. The van der Waals surface area contributed by atoms with Crippen molar-refractivity contribution in [3.8, 4) is 0 Å². The maximum atomic E-state index is 12.5. The number of ether oxygens (including phenoxy) is 1. The van der Waals surface area contributed by atoms with Crippen molar-refractivity contribution in [1.29, 1.82) is 0 Å². The molecule has 29 heavy (non-hydrogen) atoms. The van der Waals surface area contributed by atoms with Gasteiger partial charge in [0, 0.05) is 45.5 Å². The predicted molar refractivity (Wildman–Crippen MR) is 113 cm³/mol. The van der Waals surface area contributed by atoms with Gasteiger partial charge in [-0.1, -0.05) is 19.1 Å².